The third-order valence-electron chi connectivity index (χ3n) is 14.0. The van der Waals surface area contributed by atoms with Crippen LogP contribution in [0.15, 0.2) is 53.7 Å². The molecular weight excluding hydrogens is 1320 g/mol. The smallest absolute Gasteiger partial charge is 0.304 e. The second-order valence-corrected chi connectivity index (χ2v) is 25.3. The van der Waals surface area contributed by atoms with E-state index in [1.54, 1.807) is 37.3 Å². The summed E-state index contributed by atoms with van der Waals surface area (Å²) in [5.41, 5.74) is 16.6. The number of carbonyl (C=O) groups is 13. The van der Waals surface area contributed by atoms with Crippen LogP contribution in [0.3, 0.4) is 0 Å². The van der Waals surface area contributed by atoms with Crippen LogP contribution >= 0.6 is 33.3 Å². The van der Waals surface area contributed by atoms with Crippen LogP contribution in [0.4, 0.5) is 4.39 Å². The van der Waals surface area contributed by atoms with Crippen molar-refractivity contribution in [2.75, 3.05) is 109 Å². The van der Waals surface area contributed by atoms with E-state index in [2.05, 4.69) is 52.5 Å². The summed E-state index contributed by atoms with van der Waals surface area (Å²) in [7, 11) is 2.03. The number of aliphatic imine (C=N–C) groups is 1. The van der Waals surface area contributed by atoms with Gasteiger partial charge in [0.05, 0.1) is 75.3 Å². The Morgan fingerprint density at radius 1 is 0.677 bits per heavy atom. The van der Waals surface area contributed by atoms with Gasteiger partial charge < -0.3 is 83.8 Å². The van der Waals surface area contributed by atoms with Gasteiger partial charge in [0.1, 0.15) is 25.3 Å². The van der Waals surface area contributed by atoms with Crippen LogP contribution in [-0.2, 0) is 82.9 Å². The Balaban J connectivity index is 0.00000103. The Hall–Kier alpha value is -7.83. The number of carboxylic acid groups (broad SMARTS) is 1. The molecule has 0 unspecified atom stereocenters. The minimum absolute atomic E-state index is 0.00434. The second-order valence-electron chi connectivity index (χ2n) is 21.8. The molecule has 3 heterocycles. The van der Waals surface area contributed by atoms with E-state index in [0.29, 0.717) is 58.2 Å². The van der Waals surface area contributed by atoms with Crippen molar-refractivity contribution < 1.29 is 90.8 Å². The number of rotatable bonds is 30. The number of hydrogen-bond donors (Lipinski definition) is 12. The third kappa shape index (κ3) is 35.8. The Bertz CT molecular complexity index is 2890. The highest BCUT2D eigenvalue weighted by molar-refractivity contribution is 8.76. The normalized spacial score (nSPS) is 20.6. The topological polar surface area (TPSA) is 479 Å². The summed E-state index contributed by atoms with van der Waals surface area (Å²) < 4.78 is 33.7. The summed E-state index contributed by atoms with van der Waals surface area (Å²) in [6.07, 6.45) is -0.534. The molecule has 532 valence electrons. The number of carbonyl (C=O) groups excluding carboxylic acids is 12. The monoisotopic (exact) mass is 1410 g/mol. The molecule has 2 saturated heterocycles. The fraction of sp³-hybridized carbons (Fsp3) is 0.590. The molecule has 7 atom stereocenters. The second kappa shape index (κ2) is 48.0. The summed E-state index contributed by atoms with van der Waals surface area (Å²) in [4.78, 5) is 180. The molecule has 1 aromatic carbocycles. The van der Waals surface area contributed by atoms with Gasteiger partial charge in [-0.2, -0.15) is 4.39 Å². The van der Waals surface area contributed by atoms with Crippen LogP contribution < -0.4 is 59.7 Å². The maximum atomic E-state index is 14.5. The van der Waals surface area contributed by atoms with Crippen molar-refractivity contribution >= 4 is 116 Å². The molecule has 1 aromatic heterocycles. The number of aromatic nitrogens is 1. The number of thioether (sulfide) groups is 1. The number of amides is 9. The number of nitrogens with two attached hydrogens (primary N) is 3. The number of Topliss-reactive ketones (excluding diaryl/α,β-unsaturated/α-hetero) is 3. The lowest BCUT2D eigenvalue weighted by atomic mass is 9.91. The molecule has 2 aliphatic rings. The Morgan fingerprint density at radius 3 is 1.97 bits per heavy atom. The SMILES string of the molecule is CCNC(=O)[C@@H]1CSCC(=O)N[C@@H](CCCCNC(=O)c2ccc([18F])nc2)C(=O)N[C@H]2CSSC[C@H](NC(=O)[C@H](CC(=O)O)CC(=O)CNC(=O)[C@H](CCCN=C(N)N)CC2=O)C(=O)C[C@@H](Cc2ccccc2)C(=O)N1.CCOCCOCCOCCNC(=O)COCC(N)=O. The van der Waals surface area contributed by atoms with E-state index in [-0.39, 0.29) is 105 Å². The van der Waals surface area contributed by atoms with Gasteiger partial charge in [-0.3, -0.25) is 67.3 Å². The number of ether oxygens (including phenoxy) is 4. The fourth-order valence-electron chi connectivity index (χ4n) is 9.14. The van der Waals surface area contributed by atoms with Crippen molar-refractivity contribution in [3.8, 4) is 0 Å². The number of unbranched alkanes of at least 4 members (excludes halogenated alkanes) is 1. The van der Waals surface area contributed by atoms with Crippen LogP contribution in [0.25, 0.3) is 0 Å². The van der Waals surface area contributed by atoms with E-state index >= 15 is 0 Å². The van der Waals surface area contributed by atoms with Crippen molar-refractivity contribution in [1.29, 1.82) is 0 Å². The zero-order chi connectivity index (χ0) is 70.6. The number of hydrogen-bond acceptors (Lipinski definition) is 22. The number of carboxylic acids is 1. The van der Waals surface area contributed by atoms with E-state index in [1.807, 2.05) is 6.92 Å². The number of pyridine rings is 1. The largest absolute Gasteiger partial charge is 0.481 e. The molecule has 0 radical (unpaired) electrons. The van der Waals surface area contributed by atoms with Crippen molar-refractivity contribution in [2.24, 2.45) is 39.9 Å². The third-order valence-corrected chi connectivity index (χ3v) is 17.5. The molecule has 15 N–H and O–H groups in total. The van der Waals surface area contributed by atoms with Gasteiger partial charge in [-0.1, -0.05) is 51.9 Å². The van der Waals surface area contributed by atoms with Gasteiger partial charge in [0, 0.05) is 87.3 Å². The number of ketones is 3. The molecule has 96 heavy (non-hydrogen) atoms. The highest BCUT2D eigenvalue weighted by atomic mass is 33.1. The van der Waals surface area contributed by atoms with E-state index in [0.717, 1.165) is 45.6 Å². The lowest BCUT2D eigenvalue weighted by molar-refractivity contribution is -0.142. The van der Waals surface area contributed by atoms with Gasteiger partial charge in [-0.25, -0.2) is 4.98 Å². The molecule has 0 spiro atoms. The van der Waals surface area contributed by atoms with Crippen LogP contribution in [0.1, 0.15) is 87.6 Å². The fourth-order valence-corrected chi connectivity index (χ4v) is 12.4. The zero-order valence-electron chi connectivity index (χ0n) is 53.9. The highest BCUT2D eigenvalue weighted by Crippen LogP contribution is 2.27. The molecule has 2 fully saturated rings. The van der Waals surface area contributed by atoms with Crippen LogP contribution in [-0.4, -0.2) is 225 Å². The molecule has 9 amide bonds. The standard InChI is InChI=1S/C49H66FN11O12S3.C12H24N2O6/c1-2-53-47(72)37-24-74-27-41(65)58-34(12-6-7-15-54-44(69)30-13-14-40(50)56-22-30)48(73)60-36-26-76-75-25-35(39(64)20-31(45(70)61-37)17-28-9-4-3-5-10-28)59-46(71)32(21-42(66)67)18-33(62)23-57-43(68)29(19-38(36)63)11-8-16-55-49(51)52;1-2-17-5-6-19-8-7-18-4-3-14-12(16)10-20-9-11(13)15/h3-5,9-10,13-14,22,29,31-32,34-37H,2,6-8,11-12,15-21,23-27H2,1H3,(H,53,72)(H,54,69)(H,57,68)(H,58,65)(H,59,71)(H,60,73)(H,61,70)(H,66,67)(H4,51,52,55);2-10H2,1H3,(H2,13,15)(H,14,16)/t29-,31-,32+,34+,35+,36+,37+;/m1./s1/i50-1;. The first-order valence-electron chi connectivity index (χ1n) is 31.2. The number of aliphatic carboxylic acids is 1. The first-order chi connectivity index (χ1) is 46.0. The number of halogens is 1. The van der Waals surface area contributed by atoms with E-state index in [4.69, 9.17) is 36.1 Å². The summed E-state index contributed by atoms with van der Waals surface area (Å²) in [6, 6.07) is 5.81. The molecule has 2 aromatic rings. The number of benzene rings is 1. The van der Waals surface area contributed by atoms with Gasteiger partial charge in [0.2, 0.25) is 53.2 Å². The number of primary amides is 1. The minimum Gasteiger partial charge on any atom is -0.481 e. The number of fused-ring (bicyclic) bond motifs is 5. The molecule has 2 bridgehead atoms. The van der Waals surface area contributed by atoms with Crippen LogP contribution in [0.2, 0.25) is 0 Å². The summed E-state index contributed by atoms with van der Waals surface area (Å²) >= 11 is 0.970. The molecule has 35 heteroatoms. The van der Waals surface area contributed by atoms with Gasteiger partial charge in [-0.15, -0.1) is 11.8 Å². The average molecular weight is 1410 g/mol. The lowest BCUT2D eigenvalue weighted by Crippen LogP contribution is -2.53. The molecule has 2 aliphatic heterocycles. The Kier molecular flexibility index (Phi) is 41.2. The number of nitrogens with zero attached hydrogens (tertiary/aromatic N) is 2. The summed E-state index contributed by atoms with van der Waals surface area (Å²) in [5.74, 6) is -14.8. The van der Waals surface area contributed by atoms with Crippen LogP contribution in [0.5, 0.6) is 0 Å². The maximum Gasteiger partial charge on any atom is 0.304 e. The number of guanidine groups is 1. The predicted octanol–water partition coefficient (Wildman–Crippen LogP) is -1.37. The molecule has 0 aliphatic carbocycles. The molecular formula is C61H90FN13O18S3. The predicted molar refractivity (Wildman–Crippen MR) is 355 cm³/mol. The zero-order valence-corrected chi connectivity index (χ0v) is 56.3. The molecule has 31 nitrogen and oxygen atoms in total. The summed E-state index contributed by atoms with van der Waals surface area (Å²) in [6.45, 7) is 6.39. The summed E-state index contributed by atoms with van der Waals surface area (Å²) in [5, 5.41) is 31.0. The lowest BCUT2D eigenvalue weighted by Gasteiger charge is -2.26. The van der Waals surface area contributed by atoms with E-state index < -0.39 is 151 Å². The van der Waals surface area contributed by atoms with Crippen molar-refractivity contribution in [3.63, 3.8) is 0 Å². The van der Waals surface area contributed by atoms with Gasteiger partial charge in [-0.05, 0) is 70.1 Å². The van der Waals surface area contributed by atoms with E-state index in [9.17, 15) is 71.8 Å². The average Bonchev–Trinajstić information content (AvgIpc) is 1.18. The Labute approximate surface area is 568 Å². The van der Waals surface area contributed by atoms with Crippen molar-refractivity contribution in [3.05, 3.63) is 65.7 Å². The van der Waals surface area contributed by atoms with Gasteiger partial charge in [0.25, 0.3) is 5.91 Å². The van der Waals surface area contributed by atoms with Gasteiger partial charge >= 0.3 is 5.97 Å². The quantitative estimate of drug-likeness (QED) is 0.0141. The molecule has 0 saturated carbocycles. The number of nitrogens with one attached hydrogen (secondary N) is 8. The maximum absolute atomic E-state index is 14.5. The minimum atomic E-state index is -1.49. The van der Waals surface area contributed by atoms with Gasteiger partial charge in [0.15, 0.2) is 23.3 Å². The van der Waals surface area contributed by atoms with E-state index in [1.165, 1.54) is 6.07 Å². The first kappa shape index (κ1) is 82.4. The molecule has 4 rings (SSSR count). The first-order valence-corrected chi connectivity index (χ1v) is 34.9. The van der Waals surface area contributed by atoms with Crippen molar-refractivity contribution in [2.45, 2.75) is 102 Å². The Morgan fingerprint density at radius 2 is 1.33 bits per heavy atom. The van der Waals surface area contributed by atoms with Crippen LogP contribution in [0, 0.1) is 23.7 Å². The van der Waals surface area contributed by atoms with Crippen molar-refractivity contribution in [1.82, 2.24) is 47.5 Å². The highest BCUT2D eigenvalue weighted by Gasteiger charge is 2.36. The number of likely N-dealkylation sites (N-methyl/N-ethyl adjacent to an activating group) is 1.